The van der Waals surface area contributed by atoms with E-state index in [1.54, 1.807) is 0 Å². The fourth-order valence-corrected chi connectivity index (χ4v) is 2.62. The number of hydrogen-bond acceptors (Lipinski definition) is 4. The summed E-state index contributed by atoms with van der Waals surface area (Å²) in [4.78, 5) is 13.7. The van der Waals surface area contributed by atoms with E-state index in [-0.39, 0.29) is 24.2 Å². The highest BCUT2D eigenvalue weighted by atomic mass is 16.5. The molecule has 2 aliphatic rings. The third-order valence-corrected chi connectivity index (χ3v) is 3.59. The van der Waals surface area contributed by atoms with Gasteiger partial charge in [-0.25, -0.2) is 0 Å². The van der Waals surface area contributed by atoms with Crippen LogP contribution in [0.25, 0.3) is 0 Å². The Bertz CT molecular complexity index is 284. The summed E-state index contributed by atoms with van der Waals surface area (Å²) in [6.07, 6.45) is 3.70. The zero-order valence-corrected chi connectivity index (χ0v) is 11.4. The minimum absolute atomic E-state index is 0.175. The molecule has 0 aromatic rings. The lowest BCUT2D eigenvalue weighted by Gasteiger charge is -2.35. The van der Waals surface area contributed by atoms with Gasteiger partial charge in [-0.3, -0.25) is 9.69 Å². The number of ether oxygens (including phenoxy) is 1. The van der Waals surface area contributed by atoms with Crippen molar-refractivity contribution in [2.75, 3.05) is 19.6 Å². The first kappa shape index (κ1) is 13.8. The van der Waals surface area contributed by atoms with E-state index in [2.05, 4.69) is 24.1 Å². The summed E-state index contributed by atoms with van der Waals surface area (Å²) in [6.45, 7) is 6.98. The van der Waals surface area contributed by atoms with Crippen LogP contribution in [0.4, 0.5) is 0 Å². The van der Waals surface area contributed by atoms with Crippen molar-refractivity contribution in [2.45, 2.75) is 57.4 Å². The molecule has 2 rings (SSSR count). The van der Waals surface area contributed by atoms with Crippen molar-refractivity contribution in [3.63, 3.8) is 0 Å². The fourth-order valence-electron chi connectivity index (χ4n) is 2.62. The summed E-state index contributed by atoms with van der Waals surface area (Å²) in [7, 11) is 0. The summed E-state index contributed by atoms with van der Waals surface area (Å²) in [6, 6.07) is 0.344. The minimum Gasteiger partial charge on any atom is -0.373 e. The number of nitrogens with one attached hydrogen (secondary N) is 1. The summed E-state index contributed by atoms with van der Waals surface area (Å²) >= 11 is 0. The topological polar surface area (TPSA) is 67.6 Å². The number of hydrogen-bond donors (Lipinski definition) is 2. The maximum Gasteiger partial charge on any atom is 0.234 e. The van der Waals surface area contributed by atoms with Crippen molar-refractivity contribution in [1.29, 1.82) is 0 Å². The smallest absolute Gasteiger partial charge is 0.234 e. The van der Waals surface area contributed by atoms with Crippen LogP contribution in [0.2, 0.25) is 0 Å². The zero-order valence-electron chi connectivity index (χ0n) is 11.4. The first-order chi connectivity index (χ1) is 8.54. The first-order valence-electron chi connectivity index (χ1n) is 6.97. The number of rotatable bonds is 6. The van der Waals surface area contributed by atoms with Crippen molar-refractivity contribution in [3.05, 3.63) is 0 Å². The summed E-state index contributed by atoms with van der Waals surface area (Å²) < 4.78 is 5.70. The van der Waals surface area contributed by atoms with E-state index in [1.165, 1.54) is 12.8 Å². The highest BCUT2D eigenvalue weighted by Gasteiger charge is 2.28. The Hall–Kier alpha value is -0.650. The number of carbonyl (C=O) groups excluding carboxylic acids is 1. The van der Waals surface area contributed by atoms with Crippen molar-refractivity contribution in [1.82, 2.24) is 10.2 Å². The van der Waals surface area contributed by atoms with Crippen LogP contribution in [-0.2, 0) is 9.53 Å². The Morgan fingerprint density at radius 2 is 2.00 bits per heavy atom. The molecular weight excluding hydrogens is 230 g/mol. The third kappa shape index (κ3) is 4.23. The predicted octanol–water partition coefficient (Wildman–Crippen LogP) is 0.0916. The molecule has 0 spiro atoms. The van der Waals surface area contributed by atoms with Gasteiger partial charge in [0.25, 0.3) is 0 Å². The van der Waals surface area contributed by atoms with E-state index in [9.17, 15) is 4.79 Å². The van der Waals surface area contributed by atoms with Crippen LogP contribution in [0.3, 0.4) is 0 Å². The predicted molar refractivity (Wildman–Crippen MR) is 70.2 cm³/mol. The Kier molecular flexibility index (Phi) is 4.59. The molecule has 1 heterocycles. The molecular formula is C13H25N3O2. The SMILES string of the molecule is C[C@@H]1CN(CCC(NC2CC2)C(N)=O)C[C@H](C)O1. The summed E-state index contributed by atoms with van der Waals surface area (Å²) in [5, 5.41) is 3.32. The lowest BCUT2D eigenvalue weighted by atomic mass is 10.1. The van der Waals surface area contributed by atoms with Gasteiger partial charge >= 0.3 is 0 Å². The van der Waals surface area contributed by atoms with Crippen LogP contribution in [0.1, 0.15) is 33.1 Å². The van der Waals surface area contributed by atoms with Crippen molar-refractivity contribution < 1.29 is 9.53 Å². The standard InChI is InChI=1S/C13H25N3O2/c1-9-7-16(8-10(2)18-9)6-5-12(13(14)17)15-11-3-4-11/h9-12,15H,3-8H2,1-2H3,(H2,14,17)/t9-,10+,12?. The molecule has 1 aliphatic heterocycles. The van der Waals surface area contributed by atoms with Gasteiger partial charge in [0.05, 0.1) is 18.2 Å². The Balaban J connectivity index is 1.75. The van der Waals surface area contributed by atoms with Gasteiger partial charge in [0.1, 0.15) is 0 Å². The quantitative estimate of drug-likeness (QED) is 0.706. The van der Waals surface area contributed by atoms with E-state index in [0.717, 1.165) is 26.1 Å². The highest BCUT2D eigenvalue weighted by molar-refractivity contribution is 5.79. The number of nitrogens with two attached hydrogens (primary N) is 1. The van der Waals surface area contributed by atoms with Crippen LogP contribution in [0.5, 0.6) is 0 Å². The molecule has 1 amide bonds. The zero-order chi connectivity index (χ0) is 13.1. The second kappa shape index (κ2) is 5.99. The Morgan fingerprint density at radius 1 is 1.39 bits per heavy atom. The van der Waals surface area contributed by atoms with Gasteiger partial charge in [-0.05, 0) is 33.1 Å². The molecule has 0 aromatic carbocycles. The number of morpholine rings is 1. The van der Waals surface area contributed by atoms with E-state index in [4.69, 9.17) is 10.5 Å². The van der Waals surface area contributed by atoms with E-state index >= 15 is 0 Å². The van der Waals surface area contributed by atoms with Gasteiger partial charge in [0.2, 0.25) is 5.91 Å². The Morgan fingerprint density at radius 3 is 2.50 bits per heavy atom. The van der Waals surface area contributed by atoms with Gasteiger partial charge in [-0.2, -0.15) is 0 Å². The highest BCUT2D eigenvalue weighted by Crippen LogP contribution is 2.20. The van der Waals surface area contributed by atoms with Gasteiger partial charge in [0.15, 0.2) is 0 Å². The van der Waals surface area contributed by atoms with Crippen LogP contribution >= 0.6 is 0 Å². The Labute approximate surface area is 109 Å². The number of primary amides is 1. The molecule has 18 heavy (non-hydrogen) atoms. The number of nitrogens with zero attached hydrogens (tertiary/aromatic N) is 1. The van der Waals surface area contributed by atoms with Crippen LogP contribution in [0.15, 0.2) is 0 Å². The fraction of sp³-hybridized carbons (Fsp3) is 0.923. The molecule has 1 saturated heterocycles. The molecule has 0 aromatic heterocycles. The van der Waals surface area contributed by atoms with Crippen LogP contribution in [-0.4, -0.2) is 54.7 Å². The largest absolute Gasteiger partial charge is 0.373 e. The molecule has 104 valence electrons. The van der Waals surface area contributed by atoms with E-state index in [0.29, 0.717) is 6.04 Å². The molecule has 3 atom stereocenters. The first-order valence-corrected chi connectivity index (χ1v) is 6.97. The maximum atomic E-state index is 11.4. The molecule has 2 fully saturated rings. The second-order valence-electron chi connectivity index (χ2n) is 5.70. The van der Waals surface area contributed by atoms with Crippen LogP contribution < -0.4 is 11.1 Å². The molecule has 5 nitrogen and oxygen atoms in total. The van der Waals surface area contributed by atoms with Gasteiger partial charge < -0.3 is 15.8 Å². The number of amides is 1. The van der Waals surface area contributed by atoms with Crippen molar-refractivity contribution >= 4 is 5.91 Å². The minimum atomic E-state index is -0.226. The van der Waals surface area contributed by atoms with Crippen molar-refractivity contribution in [3.8, 4) is 0 Å². The lowest BCUT2D eigenvalue weighted by molar-refractivity contribution is -0.120. The van der Waals surface area contributed by atoms with E-state index < -0.39 is 0 Å². The van der Waals surface area contributed by atoms with Crippen molar-refractivity contribution in [2.24, 2.45) is 5.73 Å². The molecule has 1 saturated carbocycles. The monoisotopic (exact) mass is 255 g/mol. The molecule has 5 heteroatoms. The molecule has 0 radical (unpaired) electrons. The van der Waals surface area contributed by atoms with Gasteiger partial charge in [0, 0.05) is 25.7 Å². The normalized spacial score (nSPS) is 31.2. The molecule has 1 aliphatic carbocycles. The maximum absolute atomic E-state index is 11.4. The van der Waals surface area contributed by atoms with Gasteiger partial charge in [-0.1, -0.05) is 0 Å². The molecule has 1 unspecified atom stereocenters. The number of carbonyl (C=O) groups is 1. The second-order valence-corrected chi connectivity index (χ2v) is 5.70. The average Bonchev–Trinajstić information content (AvgIpc) is 3.06. The summed E-state index contributed by atoms with van der Waals surface area (Å²) in [5.74, 6) is -0.226. The lowest BCUT2D eigenvalue weighted by Crippen LogP contribution is -2.49. The molecule has 0 bridgehead atoms. The van der Waals surface area contributed by atoms with Crippen LogP contribution in [0, 0.1) is 0 Å². The third-order valence-electron chi connectivity index (χ3n) is 3.59. The summed E-state index contributed by atoms with van der Waals surface area (Å²) in [5.41, 5.74) is 5.44. The van der Waals surface area contributed by atoms with Gasteiger partial charge in [-0.15, -0.1) is 0 Å². The van der Waals surface area contributed by atoms with E-state index in [1.807, 2.05) is 0 Å². The average molecular weight is 255 g/mol. The molecule has 3 N–H and O–H groups in total.